The van der Waals surface area contributed by atoms with Crippen molar-refractivity contribution in [1.82, 2.24) is 0 Å². The van der Waals surface area contributed by atoms with Crippen LogP contribution in [0.2, 0.25) is 0 Å². The van der Waals surface area contributed by atoms with E-state index < -0.39 is 12.1 Å². The van der Waals surface area contributed by atoms with Gasteiger partial charge < -0.3 is 14.6 Å². The van der Waals surface area contributed by atoms with Gasteiger partial charge in [-0.05, 0) is 24.6 Å². The van der Waals surface area contributed by atoms with Crippen molar-refractivity contribution in [3.05, 3.63) is 35.4 Å². The van der Waals surface area contributed by atoms with E-state index in [1.54, 1.807) is 24.3 Å². The zero-order chi connectivity index (χ0) is 13.1. The fraction of sp³-hybridized carbons (Fsp3) is 0.385. The topological polar surface area (TPSA) is 68.1 Å². The summed E-state index contributed by atoms with van der Waals surface area (Å²) in [5.41, 5.74) is 1.32. The summed E-state index contributed by atoms with van der Waals surface area (Å²) in [7, 11) is 1.24. The second-order valence-corrected chi connectivity index (χ2v) is 4.14. The molecule has 2 unspecified atom stereocenters. The van der Waals surface area contributed by atoms with Gasteiger partial charge in [0, 0.05) is 5.56 Å². The number of carbonyl (C=O) groups is 1. The van der Waals surface area contributed by atoms with Gasteiger partial charge in [-0.1, -0.05) is 12.1 Å². The maximum Gasteiger partial charge on any atom is 0.339 e. The van der Waals surface area contributed by atoms with E-state index in [4.69, 9.17) is 4.74 Å². The smallest absolute Gasteiger partial charge is 0.339 e. The van der Waals surface area contributed by atoms with Crippen molar-refractivity contribution in [1.29, 1.82) is 0 Å². The molecule has 0 saturated heterocycles. The Kier molecular flexibility index (Phi) is 3.62. The highest BCUT2D eigenvalue weighted by Gasteiger charge is 2.19. The lowest BCUT2D eigenvalue weighted by Crippen LogP contribution is -2.13. The number of methoxy groups -OCH3 is 1. The number of rotatable bonds is 3. The zero-order valence-corrected chi connectivity index (χ0v) is 10.3. The lowest BCUT2D eigenvalue weighted by atomic mass is 10.1. The number of esters is 1. The van der Waals surface area contributed by atoms with E-state index >= 15 is 0 Å². The maximum absolute atomic E-state index is 11.2. The summed E-state index contributed by atoms with van der Waals surface area (Å²) in [5, 5.41) is 9.65. The van der Waals surface area contributed by atoms with Crippen molar-refractivity contribution in [2.45, 2.75) is 19.1 Å². The van der Waals surface area contributed by atoms with Crippen molar-refractivity contribution in [3.8, 4) is 0 Å². The van der Waals surface area contributed by atoms with Crippen molar-refractivity contribution >= 4 is 11.9 Å². The summed E-state index contributed by atoms with van der Waals surface area (Å²) in [6.45, 7) is 2.56. The largest absolute Gasteiger partial charge is 0.475 e. The van der Waals surface area contributed by atoms with Crippen LogP contribution < -0.4 is 0 Å². The van der Waals surface area contributed by atoms with Crippen LogP contribution in [-0.2, 0) is 14.3 Å². The van der Waals surface area contributed by atoms with Crippen molar-refractivity contribution in [3.63, 3.8) is 0 Å². The Morgan fingerprint density at radius 1 is 1.50 bits per heavy atom. The second-order valence-electron chi connectivity index (χ2n) is 4.14. The van der Waals surface area contributed by atoms with Gasteiger partial charge >= 0.3 is 5.97 Å². The molecule has 1 aromatic rings. The van der Waals surface area contributed by atoms with E-state index in [9.17, 15) is 9.90 Å². The molecule has 0 aromatic heterocycles. The first-order chi connectivity index (χ1) is 8.61. The van der Waals surface area contributed by atoms with Gasteiger partial charge in [0.1, 0.15) is 6.61 Å². The van der Waals surface area contributed by atoms with E-state index in [1.165, 1.54) is 7.11 Å². The van der Waals surface area contributed by atoms with E-state index in [1.807, 2.05) is 6.92 Å². The van der Waals surface area contributed by atoms with E-state index in [0.717, 1.165) is 5.56 Å². The molecule has 5 heteroatoms. The van der Waals surface area contributed by atoms with Crippen molar-refractivity contribution in [2.75, 3.05) is 13.7 Å². The lowest BCUT2D eigenvalue weighted by molar-refractivity contribution is -0.150. The Balaban J connectivity index is 2.15. The quantitative estimate of drug-likeness (QED) is 0.813. The van der Waals surface area contributed by atoms with Gasteiger partial charge in [0.15, 0.2) is 6.10 Å². The molecule has 0 radical (unpaired) electrons. The molecule has 0 fully saturated rings. The monoisotopic (exact) mass is 249 g/mol. The molecule has 0 bridgehead atoms. The first-order valence-electron chi connectivity index (χ1n) is 5.68. The highest BCUT2D eigenvalue weighted by Crippen LogP contribution is 2.17. The van der Waals surface area contributed by atoms with Gasteiger partial charge in [-0.15, -0.1) is 0 Å². The highest BCUT2D eigenvalue weighted by molar-refractivity contribution is 5.95. The molecule has 5 nitrogen and oxygen atoms in total. The third kappa shape index (κ3) is 2.51. The molecule has 0 saturated carbocycles. The van der Waals surface area contributed by atoms with Crippen LogP contribution in [0.25, 0.3) is 0 Å². The van der Waals surface area contributed by atoms with Crippen molar-refractivity contribution in [2.24, 2.45) is 4.99 Å². The summed E-state index contributed by atoms with van der Waals surface area (Å²) in [4.78, 5) is 15.5. The van der Waals surface area contributed by atoms with E-state index in [0.29, 0.717) is 18.1 Å². The summed E-state index contributed by atoms with van der Waals surface area (Å²) < 4.78 is 9.89. The molecule has 1 aliphatic rings. The fourth-order valence-corrected chi connectivity index (χ4v) is 1.69. The van der Waals surface area contributed by atoms with Gasteiger partial charge in [0.2, 0.25) is 5.90 Å². The summed E-state index contributed by atoms with van der Waals surface area (Å²) in [5.74, 6) is -0.0764. The minimum absolute atomic E-state index is 0.167. The molecule has 1 heterocycles. The Morgan fingerprint density at radius 2 is 2.17 bits per heavy atom. The molecular weight excluding hydrogens is 234 g/mol. The van der Waals surface area contributed by atoms with Gasteiger partial charge in [0.05, 0.1) is 13.2 Å². The van der Waals surface area contributed by atoms with Crippen LogP contribution in [0.5, 0.6) is 0 Å². The SMILES string of the molecule is COC(=O)C(O)c1ccc(C2=NC(C)CO2)cc1. The first kappa shape index (κ1) is 12.6. The Labute approximate surface area is 105 Å². The van der Waals surface area contributed by atoms with Crippen LogP contribution in [0.1, 0.15) is 24.2 Å². The van der Waals surface area contributed by atoms with Crippen LogP contribution in [-0.4, -0.2) is 36.7 Å². The predicted octanol–water partition coefficient (Wildman–Crippen LogP) is 1.06. The summed E-state index contributed by atoms with van der Waals surface area (Å²) >= 11 is 0. The minimum atomic E-state index is -1.26. The molecule has 2 rings (SSSR count). The number of carbonyl (C=O) groups excluding carboxylic acids is 1. The van der Waals surface area contributed by atoms with Gasteiger partial charge in [-0.25, -0.2) is 9.79 Å². The van der Waals surface area contributed by atoms with Crippen LogP contribution in [0.15, 0.2) is 29.3 Å². The molecule has 96 valence electrons. The Morgan fingerprint density at radius 3 is 2.67 bits per heavy atom. The number of aliphatic hydroxyl groups excluding tert-OH is 1. The average molecular weight is 249 g/mol. The van der Waals surface area contributed by atoms with Gasteiger partial charge in [0.25, 0.3) is 0 Å². The minimum Gasteiger partial charge on any atom is -0.475 e. The molecule has 0 spiro atoms. The third-order valence-electron chi connectivity index (χ3n) is 2.70. The van der Waals surface area contributed by atoms with Crippen LogP contribution in [0, 0.1) is 0 Å². The standard InChI is InChI=1S/C13H15NO4/c1-8-7-18-12(14-8)10-5-3-9(4-6-10)11(15)13(16)17-2/h3-6,8,11,15H,7H2,1-2H3. The fourth-order valence-electron chi connectivity index (χ4n) is 1.69. The number of ether oxygens (including phenoxy) is 2. The molecule has 1 N–H and O–H groups in total. The summed E-state index contributed by atoms with van der Waals surface area (Å²) in [6.07, 6.45) is -1.26. The molecule has 2 atom stereocenters. The average Bonchev–Trinajstić information content (AvgIpc) is 2.84. The number of nitrogens with zero attached hydrogens (tertiary/aromatic N) is 1. The molecule has 18 heavy (non-hydrogen) atoms. The number of hydrogen-bond donors (Lipinski definition) is 1. The summed E-state index contributed by atoms with van der Waals surface area (Å²) in [6, 6.07) is 7.01. The second kappa shape index (κ2) is 5.18. The molecule has 0 aliphatic carbocycles. The number of benzene rings is 1. The van der Waals surface area contributed by atoms with Crippen LogP contribution in [0.3, 0.4) is 0 Å². The highest BCUT2D eigenvalue weighted by atomic mass is 16.5. The van der Waals surface area contributed by atoms with Gasteiger partial charge in [-0.2, -0.15) is 0 Å². The van der Waals surface area contributed by atoms with Crippen LogP contribution in [0.4, 0.5) is 0 Å². The number of aliphatic imine (C=N–C) groups is 1. The first-order valence-corrected chi connectivity index (χ1v) is 5.68. The molecule has 1 aliphatic heterocycles. The maximum atomic E-state index is 11.2. The number of aliphatic hydroxyl groups is 1. The van der Waals surface area contributed by atoms with E-state index in [-0.39, 0.29) is 6.04 Å². The van der Waals surface area contributed by atoms with E-state index in [2.05, 4.69) is 9.73 Å². The van der Waals surface area contributed by atoms with Gasteiger partial charge in [-0.3, -0.25) is 0 Å². The predicted molar refractivity (Wildman–Crippen MR) is 65.4 cm³/mol. The Bertz CT molecular complexity index is 466. The van der Waals surface area contributed by atoms with Crippen LogP contribution >= 0.6 is 0 Å². The molecular formula is C13H15NO4. The normalized spacial score (nSPS) is 19.9. The number of hydrogen-bond acceptors (Lipinski definition) is 5. The van der Waals surface area contributed by atoms with Crippen molar-refractivity contribution < 1.29 is 19.4 Å². The third-order valence-corrected chi connectivity index (χ3v) is 2.70. The lowest BCUT2D eigenvalue weighted by Gasteiger charge is -2.09. The Hall–Kier alpha value is -1.88. The molecule has 0 amide bonds. The molecule has 1 aromatic carbocycles. The zero-order valence-electron chi connectivity index (χ0n) is 10.3.